The molecule has 0 spiro atoms. The fraction of sp³-hybridized carbons (Fsp3) is 0.100. The molecule has 2 N–H and O–H groups in total. The van der Waals surface area contributed by atoms with Crippen LogP contribution in [0.25, 0.3) is 10.9 Å². The Balaban J connectivity index is 2.67. The van der Waals surface area contributed by atoms with Crippen LogP contribution in [0.1, 0.15) is 10.4 Å². The first-order chi connectivity index (χ1) is 6.33. The summed E-state index contributed by atoms with van der Waals surface area (Å²) in [5, 5.41) is 3.52. The van der Waals surface area contributed by atoms with E-state index in [4.69, 9.17) is 0 Å². The van der Waals surface area contributed by atoms with Gasteiger partial charge in [0.1, 0.15) is 0 Å². The lowest BCUT2D eigenvalue weighted by atomic mass is 10.1. The van der Waals surface area contributed by atoms with E-state index in [2.05, 4.69) is 16.4 Å². The first-order valence-electron chi connectivity index (χ1n) is 4.03. The number of nitrogens with one attached hydrogen (secondary N) is 2. The molecule has 65 valence electrons. The number of amides is 1. The molecule has 1 amide bonds. The molecular formula is C10H9N2O. The molecule has 13 heavy (non-hydrogen) atoms. The Kier molecular flexibility index (Phi) is 1.77. The molecule has 1 heterocycles. The molecule has 2 aromatic rings. The first kappa shape index (κ1) is 7.86. The summed E-state index contributed by atoms with van der Waals surface area (Å²) in [6.07, 6.45) is 1.71. The molecule has 2 rings (SSSR count). The molecule has 1 aromatic heterocycles. The van der Waals surface area contributed by atoms with Gasteiger partial charge in [-0.3, -0.25) is 4.79 Å². The van der Waals surface area contributed by atoms with E-state index in [1.165, 1.54) is 0 Å². The number of carbonyl (C=O) groups excluding carboxylic acids is 1. The number of rotatable bonds is 1. The monoisotopic (exact) mass is 173 g/mol. The maximum atomic E-state index is 11.4. The second kappa shape index (κ2) is 2.94. The Hall–Kier alpha value is -1.77. The first-order valence-corrected chi connectivity index (χ1v) is 4.03. The van der Waals surface area contributed by atoms with Gasteiger partial charge < -0.3 is 10.3 Å². The Bertz CT molecular complexity index is 445. The van der Waals surface area contributed by atoms with Crippen LogP contribution in [0.3, 0.4) is 0 Å². The smallest absolute Gasteiger partial charge is 0.253 e. The lowest BCUT2D eigenvalue weighted by Crippen LogP contribution is -2.17. The van der Waals surface area contributed by atoms with Gasteiger partial charge in [0, 0.05) is 24.7 Å². The van der Waals surface area contributed by atoms with Crippen molar-refractivity contribution in [2.45, 2.75) is 0 Å². The molecule has 1 radical (unpaired) electrons. The van der Waals surface area contributed by atoms with Crippen LogP contribution < -0.4 is 5.32 Å². The number of H-pyrrole nitrogens is 1. The van der Waals surface area contributed by atoms with Crippen LogP contribution in [0.2, 0.25) is 0 Å². The Morgan fingerprint density at radius 2 is 2.38 bits per heavy atom. The Morgan fingerprint density at radius 3 is 3.15 bits per heavy atom. The molecular weight excluding hydrogens is 164 g/mol. The summed E-state index contributed by atoms with van der Waals surface area (Å²) >= 11 is 0. The van der Waals surface area contributed by atoms with Crippen molar-refractivity contribution in [3.8, 4) is 0 Å². The molecule has 0 aliphatic carbocycles. The molecule has 0 unspecified atom stereocenters. The average Bonchev–Trinajstić information content (AvgIpc) is 2.63. The van der Waals surface area contributed by atoms with Crippen LogP contribution in [-0.4, -0.2) is 17.9 Å². The lowest BCUT2D eigenvalue weighted by Gasteiger charge is -2.00. The topological polar surface area (TPSA) is 44.9 Å². The third kappa shape index (κ3) is 1.18. The minimum atomic E-state index is -0.0820. The van der Waals surface area contributed by atoms with E-state index >= 15 is 0 Å². The fourth-order valence-electron chi connectivity index (χ4n) is 1.34. The molecule has 0 aliphatic heterocycles. The zero-order valence-electron chi connectivity index (χ0n) is 7.22. The Morgan fingerprint density at radius 1 is 1.54 bits per heavy atom. The van der Waals surface area contributed by atoms with Crippen LogP contribution in [0, 0.1) is 6.07 Å². The van der Waals surface area contributed by atoms with Gasteiger partial charge in [-0.2, -0.15) is 0 Å². The standard InChI is InChI=1S/C10H9N2O/c1-11-10(13)8-4-2-3-7-5-6-12-9(7)8/h2-4,6,12H,1H3,(H,11,13). The molecule has 0 fully saturated rings. The third-order valence-electron chi connectivity index (χ3n) is 1.98. The summed E-state index contributed by atoms with van der Waals surface area (Å²) in [5.41, 5.74) is 1.49. The van der Waals surface area contributed by atoms with E-state index < -0.39 is 0 Å². The van der Waals surface area contributed by atoms with Gasteiger partial charge in [0.2, 0.25) is 0 Å². The molecule has 0 atom stereocenters. The van der Waals surface area contributed by atoms with Gasteiger partial charge in [-0.25, -0.2) is 0 Å². The number of aromatic nitrogens is 1. The highest BCUT2D eigenvalue weighted by Crippen LogP contribution is 2.15. The maximum absolute atomic E-state index is 11.4. The summed E-state index contributed by atoms with van der Waals surface area (Å²) in [6, 6.07) is 8.55. The van der Waals surface area contributed by atoms with Crippen molar-refractivity contribution in [1.82, 2.24) is 10.3 Å². The molecule has 3 nitrogen and oxygen atoms in total. The van der Waals surface area contributed by atoms with Crippen LogP contribution in [0.15, 0.2) is 24.4 Å². The number of benzene rings is 1. The second-order valence-corrected chi connectivity index (χ2v) is 2.74. The van der Waals surface area contributed by atoms with E-state index in [0.29, 0.717) is 5.56 Å². The molecule has 3 heteroatoms. The summed E-state index contributed by atoms with van der Waals surface area (Å²) in [6.45, 7) is 0. The predicted molar refractivity (Wildman–Crippen MR) is 50.5 cm³/mol. The number of carbonyl (C=O) groups is 1. The predicted octanol–water partition coefficient (Wildman–Crippen LogP) is 1.33. The molecule has 0 saturated carbocycles. The van der Waals surface area contributed by atoms with E-state index in [1.807, 2.05) is 12.1 Å². The molecule has 1 aromatic carbocycles. The lowest BCUT2D eigenvalue weighted by molar-refractivity contribution is 0.0964. The van der Waals surface area contributed by atoms with E-state index in [-0.39, 0.29) is 5.91 Å². The summed E-state index contributed by atoms with van der Waals surface area (Å²) < 4.78 is 0. The number of hydrogen-bond donors (Lipinski definition) is 2. The third-order valence-corrected chi connectivity index (χ3v) is 1.98. The number of para-hydroxylation sites is 1. The summed E-state index contributed by atoms with van der Waals surface area (Å²) in [7, 11) is 1.62. The molecule has 0 aliphatic rings. The fourth-order valence-corrected chi connectivity index (χ4v) is 1.34. The molecule has 0 saturated heterocycles. The van der Waals surface area contributed by atoms with Crippen molar-refractivity contribution >= 4 is 16.8 Å². The van der Waals surface area contributed by atoms with Gasteiger partial charge in [0.05, 0.1) is 11.1 Å². The van der Waals surface area contributed by atoms with Gasteiger partial charge in [-0.05, 0) is 6.07 Å². The maximum Gasteiger partial charge on any atom is 0.253 e. The van der Waals surface area contributed by atoms with Crippen LogP contribution in [-0.2, 0) is 0 Å². The SMILES string of the molecule is CNC(=O)c1cccc2[c]c[nH]c12. The average molecular weight is 173 g/mol. The largest absolute Gasteiger partial charge is 0.360 e. The minimum Gasteiger partial charge on any atom is -0.360 e. The van der Waals surface area contributed by atoms with E-state index in [0.717, 1.165) is 10.9 Å². The highest BCUT2D eigenvalue weighted by Gasteiger charge is 2.07. The number of fused-ring (bicyclic) bond motifs is 1. The summed E-state index contributed by atoms with van der Waals surface area (Å²) in [4.78, 5) is 14.4. The van der Waals surface area contributed by atoms with Gasteiger partial charge >= 0.3 is 0 Å². The van der Waals surface area contributed by atoms with Crippen molar-refractivity contribution in [3.63, 3.8) is 0 Å². The zero-order valence-corrected chi connectivity index (χ0v) is 7.22. The minimum absolute atomic E-state index is 0.0820. The molecule has 0 bridgehead atoms. The quantitative estimate of drug-likeness (QED) is 0.671. The normalized spacial score (nSPS) is 10.2. The van der Waals surface area contributed by atoms with Gasteiger partial charge in [-0.1, -0.05) is 12.1 Å². The van der Waals surface area contributed by atoms with Gasteiger partial charge in [0.25, 0.3) is 5.91 Å². The van der Waals surface area contributed by atoms with E-state index in [1.54, 1.807) is 19.3 Å². The van der Waals surface area contributed by atoms with Crippen molar-refractivity contribution in [2.75, 3.05) is 7.05 Å². The van der Waals surface area contributed by atoms with E-state index in [9.17, 15) is 4.79 Å². The second-order valence-electron chi connectivity index (χ2n) is 2.74. The zero-order chi connectivity index (χ0) is 9.26. The van der Waals surface area contributed by atoms with Gasteiger partial charge in [-0.15, -0.1) is 0 Å². The highest BCUT2D eigenvalue weighted by molar-refractivity contribution is 6.05. The van der Waals surface area contributed by atoms with Crippen LogP contribution in [0.5, 0.6) is 0 Å². The number of aromatic amines is 1. The number of hydrogen-bond acceptors (Lipinski definition) is 1. The van der Waals surface area contributed by atoms with Crippen molar-refractivity contribution in [1.29, 1.82) is 0 Å². The highest BCUT2D eigenvalue weighted by atomic mass is 16.1. The van der Waals surface area contributed by atoms with Crippen molar-refractivity contribution < 1.29 is 4.79 Å². The van der Waals surface area contributed by atoms with Crippen LogP contribution >= 0.6 is 0 Å². The van der Waals surface area contributed by atoms with Crippen molar-refractivity contribution in [3.05, 3.63) is 36.0 Å². The van der Waals surface area contributed by atoms with Gasteiger partial charge in [0.15, 0.2) is 0 Å². The Labute approximate surface area is 75.8 Å². The van der Waals surface area contributed by atoms with Crippen LogP contribution in [0.4, 0.5) is 0 Å². The summed E-state index contributed by atoms with van der Waals surface area (Å²) in [5.74, 6) is -0.0820. The van der Waals surface area contributed by atoms with Crippen molar-refractivity contribution in [2.24, 2.45) is 0 Å².